The molecular formula is C10H12N4O2. The van der Waals surface area contributed by atoms with E-state index in [-0.39, 0.29) is 18.2 Å². The smallest absolute Gasteiger partial charge is 0.305 e. The van der Waals surface area contributed by atoms with E-state index in [1.165, 1.54) is 12.4 Å². The summed E-state index contributed by atoms with van der Waals surface area (Å²) in [6.07, 6.45) is 3.49. The number of carbonyl (C=O) groups is 1. The minimum absolute atomic E-state index is 0.0159. The van der Waals surface area contributed by atoms with Crippen molar-refractivity contribution in [1.82, 2.24) is 9.97 Å². The van der Waals surface area contributed by atoms with Gasteiger partial charge in [0.15, 0.2) is 11.5 Å². The van der Waals surface area contributed by atoms with E-state index in [0.29, 0.717) is 12.2 Å². The zero-order valence-electron chi connectivity index (χ0n) is 8.84. The maximum atomic E-state index is 10.6. The molecule has 0 saturated heterocycles. The van der Waals surface area contributed by atoms with Crippen molar-refractivity contribution in [2.75, 3.05) is 5.32 Å². The molecule has 0 saturated carbocycles. The Kier molecular flexibility index (Phi) is 4.21. The highest BCUT2D eigenvalue weighted by Crippen LogP contribution is 2.11. The van der Waals surface area contributed by atoms with Crippen LogP contribution >= 0.6 is 0 Å². The average Bonchev–Trinajstić information content (AvgIpc) is 2.28. The molecule has 84 valence electrons. The summed E-state index contributed by atoms with van der Waals surface area (Å²) in [4.78, 5) is 18.4. The number of anilines is 1. The second-order valence-electron chi connectivity index (χ2n) is 3.21. The molecule has 0 amide bonds. The molecule has 1 aromatic heterocycles. The molecular weight excluding hydrogens is 208 g/mol. The fourth-order valence-electron chi connectivity index (χ4n) is 1.23. The van der Waals surface area contributed by atoms with Crippen molar-refractivity contribution < 1.29 is 9.90 Å². The Labute approximate surface area is 93.0 Å². The van der Waals surface area contributed by atoms with E-state index in [2.05, 4.69) is 15.3 Å². The highest BCUT2D eigenvalue weighted by molar-refractivity contribution is 5.68. The number of carboxylic acids is 1. The average molecular weight is 220 g/mol. The number of aromatic nitrogens is 2. The van der Waals surface area contributed by atoms with Gasteiger partial charge in [-0.25, -0.2) is 9.97 Å². The van der Waals surface area contributed by atoms with E-state index in [4.69, 9.17) is 10.4 Å². The molecule has 0 radical (unpaired) electrons. The second kappa shape index (κ2) is 5.66. The molecule has 0 fully saturated rings. The standard InChI is InChI=1S/C10H12N4O2/c1-2-7(5-9(15)16)14-10-8(6-11)12-3-4-13-10/h3-4,7H,2,5H2,1H3,(H,13,14)(H,15,16). The van der Waals surface area contributed by atoms with Gasteiger partial charge >= 0.3 is 5.97 Å². The van der Waals surface area contributed by atoms with Crippen LogP contribution in [0.5, 0.6) is 0 Å². The number of hydrogen-bond acceptors (Lipinski definition) is 5. The quantitative estimate of drug-likeness (QED) is 0.768. The van der Waals surface area contributed by atoms with Crippen molar-refractivity contribution in [3.63, 3.8) is 0 Å². The third-order valence-electron chi connectivity index (χ3n) is 2.06. The molecule has 6 heteroatoms. The number of nitrogens with one attached hydrogen (secondary N) is 1. The van der Waals surface area contributed by atoms with Crippen LogP contribution in [0.3, 0.4) is 0 Å². The summed E-state index contributed by atoms with van der Waals surface area (Å²) < 4.78 is 0. The van der Waals surface area contributed by atoms with Crippen LogP contribution in [0, 0.1) is 11.3 Å². The minimum atomic E-state index is -0.887. The van der Waals surface area contributed by atoms with Crippen molar-refractivity contribution in [2.45, 2.75) is 25.8 Å². The highest BCUT2D eigenvalue weighted by Gasteiger charge is 2.13. The van der Waals surface area contributed by atoms with Gasteiger partial charge in [0.25, 0.3) is 0 Å². The molecule has 1 atom stereocenters. The van der Waals surface area contributed by atoms with E-state index in [0.717, 1.165) is 0 Å². The molecule has 1 heterocycles. The Morgan fingerprint density at radius 2 is 2.31 bits per heavy atom. The van der Waals surface area contributed by atoms with Gasteiger partial charge in [0.2, 0.25) is 0 Å². The molecule has 0 bridgehead atoms. The Morgan fingerprint density at radius 1 is 1.62 bits per heavy atom. The normalized spacial score (nSPS) is 11.5. The Hall–Kier alpha value is -2.16. The van der Waals surface area contributed by atoms with Crippen LogP contribution in [-0.2, 0) is 4.79 Å². The summed E-state index contributed by atoms with van der Waals surface area (Å²) in [6, 6.07) is 1.65. The molecule has 2 N–H and O–H groups in total. The van der Waals surface area contributed by atoms with Crippen LogP contribution < -0.4 is 5.32 Å². The summed E-state index contributed by atoms with van der Waals surface area (Å²) in [7, 11) is 0. The number of nitrogens with zero attached hydrogens (tertiary/aromatic N) is 3. The van der Waals surface area contributed by atoms with E-state index >= 15 is 0 Å². The van der Waals surface area contributed by atoms with Crippen LogP contribution in [0.2, 0.25) is 0 Å². The molecule has 0 spiro atoms. The van der Waals surface area contributed by atoms with Gasteiger partial charge in [-0.15, -0.1) is 0 Å². The fourth-order valence-corrected chi connectivity index (χ4v) is 1.23. The maximum Gasteiger partial charge on any atom is 0.305 e. The molecule has 1 unspecified atom stereocenters. The van der Waals surface area contributed by atoms with Gasteiger partial charge in [-0.1, -0.05) is 6.92 Å². The molecule has 0 aliphatic rings. The van der Waals surface area contributed by atoms with Crippen molar-refractivity contribution >= 4 is 11.8 Å². The summed E-state index contributed by atoms with van der Waals surface area (Å²) in [5.41, 5.74) is 0.173. The monoisotopic (exact) mass is 220 g/mol. The molecule has 1 aromatic rings. The minimum Gasteiger partial charge on any atom is -0.481 e. The predicted molar refractivity (Wildman–Crippen MR) is 56.7 cm³/mol. The van der Waals surface area contributed by atoms with Crippen LogP contribution in [0.15, 0.2) is 12.4 Å². The molecule has 0 aromatic carbocycles. The van der Waals surface area contributed by atoms with E-state index in [1.807, 2.05) is 13.0 Å². The van der Waals surface area contributed by atoms with E-state index in [1.54, 1.807) is 0 Å². The second-order valence-corrected chi connectivity index (χ2v) is 3.21. The number of rotatable bonds is 5. The van der Waals surface area contributed by atoms with Gasteiger partial charge in [-0.2, -0.15) is 5.26 Å². The largest absolute Gasteiger partial charge is 0.481 e. The lowest BCUT2D eigenvalue weighted by Gasteiger charge is -2.15. The lowest BCUT2D eigenvalue weighted by atomic mass is 10.1. The molecule has 0 aliphatic heterocycles. The van der Waals surface area contributed by atoms with Gasteiger partial charge in [0.1, 0.15) is 6.07 Å². The summed E-state index contributed by atoms with van der Waals surface area (Å²) in [6.45, 7) is 1.86. The van der Waals surface area contributed by atoms with Crippen LogP contribution in [-0.4, -0.2) is 27.1 Å². The van der Waals surface area contributed by atoms with Crippen LogP contribution in [0.25, 0.3) is 0 Å². The van der Waals surface area contributed by atoms with E-state index < -0.39 is 5.97 Å². The summed E-state index contributed by atoms with van der Waals surface area (Å²) in [5, 5.41) is 20.4. The maximum absolute atomic E-state index is 10.6. The number of nitriles is 1. The number of hydrogen-bond donors (Lipinski definition) is 2. The van der Waals surface area contributed by atoms with Crippen molar-refractivity contribution in [3.05, 3.63) is 18.1 Å². The zero-order chi connectivity index (χ0) is 12.0. The van der Waals surface area contributed by atoms with Crippen molar-refractivity contribution in [1.29, 1.82) is 5.26 Å². The lowest BCUT2D eigenvalue weighted by molar-refractivity contribution is -0.137. The molecule has 1 rings (SSSR count). The van der Waals surface area contributed by atoms with Crippen molar-refractivity contribution in [3.8, 4) is 6.07 Å². The molecule has 0 aliphatic carbocycles. The highest BCUT2D eigenvalue weighted by atomic mass is 16.4. The third-order valence-corrected chi connectivity index (χ3v) is 2.06. The number of aliphatic carboxylic acids is 1. The fraction of sp³-hybridized carbons (Fsp3) is 0.400. The lowest BCUT2D eigenvalue weighted by Crippen LogP contribution is -2.23. The summed E-state index contributed by atoms with van der Waals surface area (Å²) >= 11 is 0. The third kappa shape index (κ3) is 3.20. The molecule has 6 nitrogen and oxygen atoms in total. The van der Waals surface area contributed by atoms with Crippen LogP contribution in [0.4, 0.5) is 5.82 Å². The first kappa shape index (κ1) is 11.9. The van der Waals surface area contributed by atoms with Gasteiger partial charge in [0.05, 0.1) is 6.42 Å². The predicted octanol–water partition coefficient (Wildman–Crippen LogP) is 1.01. The van der Waals surface area contributed by atoms with Crippen molar-refractivity contribution in [2.24, 2.45) is 0 Å². The van der Waals surface area contributed by atoms with E-state index in [9.17, 15) is 4.79 Å². The zero-order valence-corrected chi connectivity index (χ0v) is 8.84. The first-order valence-corrected chi connectivity index (χ1v) is 4.86. The van der Waals surface area contributed by atoms with Gasteiger partial charge in [-0.3, -0.25) is 4.79 Å². The van der Waals surface area contributed by atoms with Gasteiger partial charge in [-0.05, 0) is 6.42 Å². The van der Waals surface area contributed by atoms with Gasteiger partial charge < -0.3 is 10.4 Å². The first-order chi connectivity index (χ1) is 7.67. The number of carboxylic acid groups (broad SMARTS) is 1. The Bertz CT molecular complexity index is 414. The SMILES string of the molecule is CCC(CC(=O)O)Nc1nccnc1C#N. The first-order valence-electron chi connectivity index (χ1n) is 4.86. The Balaban J connectivity index is 2.78. The summed E-state index contributed by atoms with van der Waals surface area (Å²) in [5.74, 6) is -0.556. The Morgan fingerprint density at radius 3 is 2.88 bits per heavy atom. The van der Waals surface area contributed by atoms with Gasteiger partial charge in [0, 0.05) is 18.4 Å². The topological polar surface area (TPSA) is 98.9 Å². The molecule has 16 heavy (non-hydrogen) atoms. The van der Waals surface area contributed by atoms with Crippen LogP contribution in [0.1, 0.15) is 25.5 Å².